The monoisotopic (exact) mass is 431 g/mol. The van der Waals surface area contributed by atoms with E-state index in [1.165, 1.54) is 6.07 Å². The number of ether oxygens (including phenoxy) is 1. The van der Waals surface area contributed by atoms with Crippen molar-refractivity contribution in [3.63, 3.8) is 0 Å². The van der Waals surface area contributed by atoms with Crippen molar-refractivity contribution in [2.24, 2.45) is 0 Å². The number of aliphatic carboxylic acids is 1. The van der Waals surface area contributed by atoms with E-state index in [0.717, 1.165) is 31.8 Å². The third-order valence-electron chi connectivity index (χ3n) is 3.89. The summed E-state index contributed by atoms with van der Waals surface area (Å²) in [5.74, 6) is -1.45. The zero-order chi connectivity index (χ0) is 21.7. The molecule has 0 bridgehead atoms. The summed E-state index contributed by atoms with van der Waals surface area (Å²) in [7, 11) is -3.91. The van der Waals surface area contributed by atoms with Gasteiger partial charge in [-0.05, 0) is 31.1 Å². The minimum Gasteiger partial charge on any atom is -0.478 e. The van der Waals surface area contributed by atoms with Crippen molar-refractivity contribution in [2.45, 2.75) is 51.3 Å². The quantitative estimate of drug-likeness (QED) is 0.200. The van der Waals surface area contributed by atoms with Gasteiger partial charge in [0.1, 0.15) is 5.75 Å². The molecule has 1 aromatic carbocycles. The normalized spacial score (nSPS) is 12.7. The van der Waals surface area contributed by atoms with Crippen LogP contribution in [-0.2, 0) is 14.2 Å². The number of anilines is 1. The zero-order valence-electron chi connectivity index (χ0n) is 16.0. The van der Waals surface area contributed by atoms with Gasteiger partial charge >= 0.3 is 13.6 Å². The van der Waals surface area contributed by atoms with Gasteiger partial charge in [-0.2, -0.15) is 4.39 Å². The minimum atomic E-state index is -3.91. The lowest BCUT2D eigenvalue weighted by molar-refractivity contribution is -0.131. The fourth-order valence-corrected chi connectivity index (χ4v) is 3.15. The Morgan fingerprint density at radius 1 is 1.10 bits per heavy atom. The number of carbonyl (C=O) groups excluding carboxylic acids is 1. The van der Waals surface area contributed by atoms with E-state index in [1.807, 2.05) is 0 Å². The summed E-state index contributed by atoms with van der Waals surface area (Å²) in [4.78, 5) is 40.0. The summed E-state index contributed by atoms with van der Waals surface area (Å²) in [6.07, 6.45) is 4.01. The van der Waals surface area contributed by atoms with Crippen LogP contribution >= 0.6 is 7.60 Å². The van der Waals surface area contributed by atoms with Crippen molar-refractivity contribution >= 4 is 25.2 Å². The number of nitrogens with one attached hydrogen (secondary N) is 1. The average Bonchev–Trinajstić information content (AvgIpc) is 2.63. The molecule has 0 heterocycles. The Kier molecular flexibility index (Phi) is 11.2. The van der Waals surface area contributed by atoms with Gasteiger partial charge in [0, 0.05) is 18.7 Å². The molecule has 1 atom stereocenters. The Balaban J connectivity index is 2.32. The lowest BCUT2D eigenvalue weighted by atomic mass is 10.1. The van der Waals surface area contributed by atoms with Crippen LogP contribution in [0.2, 0.25) is 0 Å². The van der Waals surface area contributed by atoms with Crippen LogP contribution in [-0.4, -0.2) is 39.3 Å². The zero-order valence-corrected chi connectivity index (χ0v) is 16.9. The van der Waals surface area contributed by atoms with E-state index in [1.54, 1.807) is 18.2 Å². The number of para-hydroxylation sites is 2. The van der Waals surface area contributed by atoms with Crippen LogP contribution in [0.3, 0.4) is 0 Å². The number of carboxylic acid groups (broad SMARTS) is 1. The van der Waals surface area contributed by atoms with Crippen LogP contribution < -0.4 is 10.1 Å². The highest BCUT2D eigenvalue weighted by Gasteiger charge is 2.12. The van der Waals surface area contributed by atoms with Gasteiger partial charge in [-0.3, -0.25) is 9.36 Å². The fourth-order valence-electron chi connectivity index (χ4n) is 2.51. The number of carboxylic acids is 1. The Morgan fingerprint density at radius 3 is 2.38 bits per heavy atom. The standard InChI is InChI=1S/C19H27FNO7P/c20-17(12-13-19(23)24)28-16-10-7-6-9-15(16)21-18(22)11-5-3-1-2-4-8-14-29(25,26)27/h6-7,9-10,12-13,17H,1-5,8,11,14H2,(H,21,22)(H,23,24)(H2,25,26,27). The Bertz CT molecular complexity index is 735. The molecule has 4 N–H and O–H groups in total. The first-order valence-electron chi connectivity index (χ1n) is 9.32. The van der Waals surface area contributed by atoms with Gasteiger partial charge < -0.3 is 24.9 Å². The lowest BCUT2D eigenvalue weighted by Crippen LogP contribution is -2.14. The van der Waals surface area contributed by atoms with Crippen molar-refractivity contribution in [1.29, 1.82) is 0 Å². The van der Waals surface area contributed by atoms with Crippen molar-refractivity contribution in [3.05, 3.63) is 36.4 Å². The highest BCUT2D eigenvalue weighted by Crippen LogP contribution is 2.35. The second kappa shape index (κ2) is 13.1. The van der Waals surface area contributed by atoms with Gasteiger partial charge in [0.2, 0.25) is 5.91 Å². The molecule has 162 valence electrons. The average molecular weight is 431 g/mol. The summed E-state index contributed by atoms with van der Waals surface area (Å²) in [5.41, 5.74) is 0.293. The first kappa shape index (κ1) is 24.8. The summed E-state index contributed by atoms with van der Waals surface area (Å²) >= 11 is 0. The second-order valence-corrected chi connectivity index (χ2v) is 8.25. The predicted octanol–water partition coefficient (Wildman–Crippen LogP) is 3.85. The SMILES string of the molecule is O=C(O)C=CC(F)Oc1ccccc1NC(=O)CCCCCCCCP(=O)(O)O. The van der Waals surface area contributed by atoms with Crippen molar-refractivity contribution in [2.75, 3.05) is 11.5 Å². The van der Waals surface area contributed by atoms with Crippen LogP contribution in [0.5, 0.6) is 5.75 Å². The molecule has 1 rings (SSSR count). The molecule has 0 aliphatic carbocycles. The van der Waals surface area contributed by atoms with Gasteiger partial charge in [0.25, 0.3) is 6.36 Å². The number of unbranched alkanes of at least 4 members (excludes halogenated alkanes) is 5. The number of alkyl halides is 1. The topological polar surface area (TPSA) is 133 Å². The maximum atomic E-state index is 13.7. The molecule has 0 spiro atoms. The van der Waals surface area contributed by atoms with Crippen LogP contribution in [0.1, 0.15) is 44.9 Å². The van der Waals surface area contributed by atoms with Crippen molar-refractivity contribution in [3.8, 4) is 5.75 Å². The molecular formula is C19H27FNO7P. The van der Waals surface area contributed by atoms with E-state index in [9.17, 15) is 18.5 Å². The molecule has 0 saturated heterocycles. The van der Waals surface area contributed by atoms with Crippen LogP contribution in [0.25, 0.3) is 0 Å². The van der Waals surface area contributed by atoms with Crippen molar-refractivity contribution < 1.29 is 38.2 Å². The Morgan fingerprint density at radius 2 is 1.72 bits per heavy atom. The Labute approximate surface area is 168 Å². The second-order valence-electron chi connectivity index (χ2n) is 6.47. The van der Waals surface area contributed by atoms with E-state index in [4.69, 9.17) is 19.6 Å². The van der Waals surface area contributed by atoms with Crippen LogP contribution in [0.4, 0.5) is 10.1 Å². The summed E-state index contributed by atoms with van der Waals surface area (Å²) < 4.78 is 29.4. The number of amides is 1. The molecule has 8 nitrogen and oxygen atoms in total. The van der Waals surface area contributed by atoms with Gasteiger partial charge in [0.15, 0.2) is 0 Å². The third-order valence-corrected chi connectivity index (χ3v) is 4.79. The molecule has 0 saturated carbocycles. The van der Waals surface area contributed by atoms with E-state index < -0.39 is 19.9 Å². The maximum absolute atomic E-state index is 13.7. The van der Waals surface area contributed by atoms with E-state index in [0.29, 0.717) is 24.6 Å². The molecule has 29 heavy (non-hydrogen) atoms. The number of hydrogen-bond donors (Lipinski definition) is 4. The van der Waals surface area contributed by atoms with E-state index in [-0.39, 0.29) is 24.2 Å². The molecule has 10 heteroatoms. The number of rotatable bonds is 14. The first-order valence-corrected chi connectivity index (χ1v) is 11.1. The maximum Gasteiger partial charge on any atom is 0.328 e. The highest BCUT2D eigenvalue weighted by atomic mass is 31.2. The van der Waals surface area contributed by atoms with Gasteiger partial charge in [-0.15, -0.1) is 0 Å². The largest absolute Gasteiger partial charge is 0.478 e. The number of benzene rings is 1. The number of carbonyl (C=O) groups is 2. The van der Waals surface area contributed by atoms with Crippen LogP contribution in [0.15, 0.2) is 36.4 Å². The van der Waals surface area contributed by atoms with Gasteiger partial charge in [0.05, 0.1) is 5.69 Å². The lowest BCUT2D eigenvalue weighted by Gasteiger charge is -2.13. The predicted molar refractivity (Wildman–Crippen MR) is 107 cm³/mol. The summed E-state index contributed by atoms with van der Waals surface area (Å²) in [6, 6.07) is 6.28. The number of hydrogen-bond acceptors (Lipinski definition) is 4. The highest BCUT2D eigenvalue weighted by molar-refractivity contribution is 7.51. The fraction of sp³-hybridized carbons (Fsp3) is 0.474. The third kappa shape index (κ3) is 12.8. The molecule has 0 aliphatic heterocycles. The molecule has 0 radical (unpaired) electrons. The molecule has 1 amide bonds. The molecular weight excluding hydrogens is 404 g/mol. The minimum absolute atomic E-state index is 0.0912. The molecule has 1 aromatic rings. The van der Waals surface area contributed by atoms with Gasteiger partial charge in [-0.25, -0.2) is 4.79 Å². The van der Waals surface area contributed by atoms with Crippen LogP contribution in [0, 0.1) is 0 Å². The molecule has 1 unspecified atom stereocenters. The first-order chi connectivity index (χ1) is 13.7. The molecule has 0 aromatic heterocycles. The van der Waals surface area contributed by atoms with E-state index in [2.05, 4.69) is 5.32 Å². The Hall–Kier alpha value is -2.22. The van der Waals surface area contributed by atoms with Gasteiger partial charge in [-0.1, -0.05) is 37.8 Å². The van der Waals surface area contributed by atoms with Crippen molar-refractivity contribution in [1.82, 2.24) is 0 Å². The molecule has 0 fully saturated rings. The molecule has 0 aliphatic rings. The summed E-state index contributed by atoms with van der Waals surface area (Å²) in [5, 5.41) is 11.2. The number of halogens is 1. The smallest absolute Gasteiger partial charge is 0.328 e. The summed E-state index contributed by atoms with van der Waals surface area (Å²) in [6.45, 7) is 0. The van der Waals surface area contributed by atoms with E-state index >= 15 is 0 Å².